The number of thioether (sulfide) groups is 1. The number of aryl methyl sites for hydroxylation is 1. The van der Waals surface area contributed by atoms with E-state index in [0.717, 1.165) is 28.3 Å². The Morgan fingerprint density at radius 3 is 2.56 bits per heavy atom. The molecular weight excluding hydrogens is 454 g/mol. The summed E-state index contributed by atoms with van der Waals surface area (Å²) in [4.78, 5) is 12.6. The minimum Gasteiger partial charge on any atom is -0.493 e. The second kappa shape index (κ2) is 10.4. The quantitative estimate of drug-likeness (QED) is 0.345. The highest BCUT2D eigenvalue weighted by atomic mass is 32.2. The molecule has 176 valence electrons. The van der Waals surface area contributed by atoms with Gasteiger partial charge in [-0.2, -0.15) is 5.10 Å². The summed E-state index contributed by atoms with van der Waals surface area (Å²) >= 11 is 1.33. The second-order valence-corrected chi connectivity index (χ2v) is 8.43. The van der Waals surface area contributed by atoms with Crippen LogP contribution in [0.4, 0.5) is 5.69 Å². The Morgan fingerprint density at radius 2 is 1.82 bits per heavy atom. The van der Waals surface area contributed by atoms with Crippen LogP contribution in [0, 0.1) is 13.8 Å². The molecule has 1 amide bonds. The maximum Gasteiger partial charge on any atom is 0.276 e. The first-order valence-electron chi connectivity index (χ1n) is 10.6. The minimum atomic E-state index is -0.106. The molecule has 34 heavy (non-hydrogen) atoms. The lowest BCUT2D eigenvalue weighted by Gasteiger charge is -2.07. The monoisotopic (exact) mass is 479 g/mol. The highest BCUT2D eigenvalue weighted by molar-refractivity contribution is 7.99. The third kappa shape index (κ3) is 5.07. The molecule has 2 heterocycles. The van der Waals surface area contributed by atoms with Gasteiger partial charge in [0, 0.05) is 17.7 Å². The summed E-state index contributed by atoms with van der Waals surface area (Å²) in [5, 5.41) is 16.1. The normalized spacial score (nSPS) is 10.8. The summed E-state index contributed by atoms with van der Waals surface area (Å²) in [5.74, 6) is 1.94. The molecule has 0 radical (unpaired) electrons. The maximum atomic E-state index is 12.6. The molecule has 0 bridgehead atoms. The summed E-state index contributed by atoms with van der Waals surface area (Å²) in [5.41, 5.74) is 4.03. The van der Waals surface area contributed by atoms with E-state index in [0.29, 0.717) is 28.4 Å². The van der Waals surface area contributed by atoms with E-state index in [4.69, 9.17) is 13.9 Å². The fraction of sp³-hybridized carbons (Fsp3) is 0.250. The van der Waals surface area contributed by atoms with Crippen LogP contribution in [0.3, 0.4) is 0 Å². The molecule has 0 fully saturated rings. The van der Waals surface area contributed by atoms with Gasteiger partial charge in [-0.1, -0.05) is 30.0 Å². The number of ether oxygens (including phenoxy) is 2. The van der Waals surface area contributed by atoms with Gasteiger partial charge in [0.15, 0.2) is 11.5 Å². The van der Waals surface area contributed by atoms with E-state index in [-0.39, 0.29) is 12.3 Å². The Bertz CT molecular complexity index is 1290. The zero-order chi connectivity index (χ0) is 24.1. The van der Waals surface area contributed by atoms with Crippen LogP contribution >= 0.6 is 11.8 Å². The van der Waals surface area contributed by atoms with Crippen LogP contribution in [0.2, 0.25) is 0 Å². The number of aromatic nitrogens is 4. The topological polar surface area (TPSA) is 104 Å². The second-order valence-electron chi connectivity index (χ2n) is 7.38. The lowest BCUT2D eigenvalue weighted by molar-refractivity contribution is -0.115. The van der Waals surface area contributed by atoms with Gasteiger partial charge in [0.1, 0.15) is 0 Å². The number of carbonyl (C=O) groups excluding carboxylic acids is 1. The molecule has 4 rings (SSSR count). The number of methoxy groups -OCH3 is 2. The maximum absolute atomic E-state index is 12.6. The van der Waals surface area contributed by atoms with Crippen molar-refractivity contribution >= 4 is 23.4 Å². The third-order valence-corrected chi connectivity index (χ3v) is 5.97. The average Bonchev–Trinajstić information content (AvgIpc) is 3.44. The molecule has 2 aromatic heterocycles. The molecule has 0 saturated heterocycles. The minimum absolute atomic E-state index is 0.106. The summed E-state index contributed by atoms with van der Waals surface area (Å²) in [6, 6.07) is 15.2. The van der Waals surface area contributed by atoms with Gasteiger partial charge in [0.05, 0.1) is 37.0 Å². The number of rotatable bonds is 9. The van der Waals surface area contributed by atoms with Gasteiger partial charge in [0.2, 0.25) is 11.8 Å². The van der Waals surface area contributed by atoms with Crippen LogP contribution in [-0.2, 0) is 4.79 Å². The molecule has 0 atom stereocenters. The van der Waals surface area contributed by atoms with Crippen LogP contribution in [-0.4, -0.2) is 45.9 Å². The lowest BCUT2D eigenvalue weighted by Crippen LogP contribution is -2.13. The number of amides is 1. The predicted octanol–water partition coefficient (Wildman–Crippen LogP) is 4.68. The van der Waals surface area contributed by atoms with E-state index in [9.17, 15) is 4.79 Å². The van der Waals surface area contributed by atoms with Crippen molar-refractivity contribution in [3.63, 3.8) is 0 Å². The van der Waals surface area contributed by atoms with Crippen molar-refractivity contribution in [2.24, 2.45) is 0 Å². The van der Waals surface area contributed by atoms with Crippen molar-refractivity contribution < 1.29 is 18.7 Å². The number of hydrogen-bond acceptors (Lipinski definition) is 8. The van der Waals surface area contributed by atoms with E-state index in [1.165, 1.54) is 11.8 Å². The number of nitrogens with zero attached hydrogens (tertiary/aromatic N) is 4. The van der Waals surface area contributed by atoms with Gasteiger partial charge in [-0.25, -0.2) is 4.68 Å². The molecule has 0 spiro atoms. The van der Waals surface area contributed by atoms with E-state index in [1.54, 1.807) is 26.4 Å². The van der Waals surface area contributed by atoms with Crippen LogP contribution in [0.5, 0.6) is 11.5 Å². The first-order chi connectivity index (χ1) is 16.5. The van der Waals surface area contributed by atoms with Crippen molar-refractivity contribution in [2.75, 3.05) is 25.3 Å². The number of para-hydroxylation sites is 1. The van der Waals surface area contributed by atoms with Crippen molar-refractivity contribution in [2.45, 2.75) is 25.5 Å². The SMILES string of the molecule is COc1ccc(-c2nnc(SCCC(=O)Nc3c(C)nn(-c4ccccc4)c3C)o2)cc1OC. The Labute approximate surface area is 201 Å². The zero-order valence-electron chi connectivity index (χ0n) is 19.4. The summed E-state index contributed by atoms with van der Waals surface area (Å²) in [6.07, 6.45) is 0.286. The summed E-state index contributed by atoms with van der Waals surface area (Å²) < 4.78 is 18.1. The molecule has 0 aliphatic carbocycles. The number of carbonyl (C=O) groups is 1. The highest BCUT2D eigenvalue weighted by Gasteiger charge is 2.16. The number of nitrogens with one attached hydrogen (secondary N) is 1. The van der Waals surface area contributed by atoms with Gasteiger partial charge >= 0.3 is 0 Å². The molecule has 0 aliphatic rings. The number of benzene rings is 2. The molecule has 0 unspecified atom stereocenters. The van der Waals surface area contributed by atoms with E-state index in [2.05, 4.69) is 20.6 Å². The summed E-state index contributed by atoms with van der Waals surface area (Å²) in [6.45, 7) is 3.82. The largest absolute Gasteiger partial charge is 0.493 e. The number of anilines is 1. The molecule has 9 nitrogen and oxygen atoms in total. The fourth-order valence-electron chi connectivity index (χ4n) is 3.43. The average molecular weight is 480 g/mol. The molecule has 0 aliphatic heterocycles. The first kappa shape index (κ1) is 23.4. The smallest absolute Gasteiger partial charge is 0.276 e. The van der Waals surface area contributed by atoms with Gasteiger partial charge in [-0.05, 0) is 44.2 Å². The van der Waals surface area contributed by atoms with Crippen molar-refractivity contribution in [1.29, 1.82) is 0 Å². The van der Waals surface area contributed by atoms with E-state index >= 15 is 0 Å². The van der Waals surface area contributed by atoms with Gasteiger partial charge < -0.3 is 19.2 Å². The van der Waals surface area contributed by atoms with E-state index < -0.39 is 0 Å². The van der Waals surface area contributed by atoms with Crippen LogP contribution in [0.25, 0.3) is 17.1 Å². The predicted molar refractivity (Wildman–Crippen MR) is 130 cm³/mol. The first-order valence-corrected chi connectivity index (χ1v) is 11.6. The Balaban J connectivity index is 1.34. The third-order valence-electron chi connectivity index (χ3n) is 5.15. The number of hydrogen-bond donors (Lipinski definition) is 1. The fourth-order valence-corrected chi connectivity index (χ4v) is 4.13. The van der Waals surface area contributed by atoms with Crippen molar-refractivity contribution in [3.8, 4) is 28.6 Å². The summed E-state index contributed by atoms with van der Waals surface area (Å²) in [7, 11) is 3.14. The van der Waals surface area contributed by atoms with Gasteiger partial charge in [0.25, 0.3) is 5.22 Å². The molecule has 4 aromatic rings. The lowest BCUT2D eigenvalue weighted by atomic mass is 10.2. The van der Waals surface area contributed by atoms with Crippen LogP contribution in [0.15, 0.2) is 58.2 Å². The van der Waals surface area contributed by atoms with Crippen LogP contribution < -0.4 is 14.8 Å². The zero-order valence-corrected chi connectivity index (χ0v) is 20.2. The Hall–Kier alpha value is -3.79. The Morgan fingerprint density at radius 1 is 1.06 bits per heavy atom. The van der Waals surface area contributed by atoms with Crippen molar-refractivity contribution in [3.05, 3.63) is 59.9 Å². The Kier molecular flexibility index (Phi) is 7.17. The molecule has 0 saturated carbocycles. The standard InChI is InChI=1S/C24H25N5O4S/c1-15-22(16(2)29(28-15)18-8-6-5-7-9-18)25-21(30)12-13-34-24-27-26-23(33-24)17-10-11-19(31-3)20(14-17)32-4/h5-11,14H,12-13H2,1-4H3,(H,25,30). The van der Waals surface area contributed by atoms with Gasteiger partial charge in [-0.3, -0.25) is 4.79 Å². The highest BCUT2D eigenvalue weighted by Crippen LogP contribution is 2.32. The van der Waals surface area contributed by atoms with Crippen molar-refractivity contribution in [1.82, 2.24) is 20.0 Å². The molecular formula is C24H25N5O4S. The van der Waals surface area contributed by atoms with E-state index in [1.807, 2.05) is 54.9 Å². The van der Waals surface area contributed by atoms with Crippen LogP contribution in [0.1, 0.15) is 17.8 Å². The molecule has 10 heteroatoms. The molecule has 2 aromatic carbocycles. The molecule has 1 N–H and O–H groups in total. The van der Waals surface area contributed by atoms with Gasteiger partial charge in [-0.15, -0.1) is 10.2 Å².